The van der Waals surface area contributed by atoms with E-state index in [-0.39, 0.29) is 18.0 Å². The van der Waals surface area contributed by atoms with Crippen molar-refractivity contribution in [1.29, 1.82) is 0 Å². The molecule has 1 saturated heterocycles. The number of fused-ring (bicyclic) bond motifs is 2. The monoisotopic (exact) mass is 353 g/mol. The lowest BCUT2D eigenvalue weighted by molar-refractivity contribution is 0.0589. The lowest BCUT2D eigenvalue weighted by Gasteiger charge is -2.46. The molecule has 2 aliphatic heterocycles. The molecule has 26 heavy (non-hydrogen) atoms. The Bertz CT molecular complexity index is 883. The van der Waals surface area contributed by atoms with Gasteiger partial charge < -0.3 is 15.1 Å². The average molecular weight is 353 g/mol. The van der Waals surface area contributed by atoms with Gasteiger partial charge in [-0.1, -0.05) is 6.07 Å². The molecule has 2 aliphatic rings. The van der Waals surface area contributed by atoms with Crippen molar-refractivity contribution in [2.75, 3.05) is 23.8 Å². The molecule has 4 rings (SSSR count). The smallest absolute Gasteiger partial charge is 0.257 e. The molecular formula is C20H20FN3O2. The summed E-state index contributed by atoms with van der Waals surface area (Å²) < 4.78 is 13.3. The minimum Gasteiger partial charge on any atom is -0.354 e. The van der Waals surface area contributed by atoms with E-state index in [1.165, 1.54) is 12.1 Å². The van der Waals surface area contributed by atoms with Gasteiger partial charge in [-0.3, -0.25) is 9.59 Å². The summed E-state index contributed by atoms with van der Waals surface area (Å²) in [5.74, 6) is -0.707. The maximum Gasteiger partial charge on any atom is 0.257 e. The number of anilines is 2. The van der Waals surface area contributed by atoms with Crippen LogP contribution in [0, 0.1) is 5.82 Å². The van der Waals surface area contributed by atoms with Gasteiger partial charge >= 0.3 is 0 Å². The topological polar surface area (TPSA) is 52.7 Å². The standard InChI is InChI=1S/C20H20FN3O2/c1-23-17-11-13(19(25)22-15-6-4-5-14(21)12-15)8-9-16(17)20(26)24-10-3-2-7-18(23)24/h4-6,8-9,11-12,18H,2-3,7,10H2,1H3,(H,22,25)/t18-/m1/s1. The molecule has 1 N–H and O–H groups in total. The van der Waals surface area contributed by atoms with Gasteiger partial charge in [0.05, 0.1) is 11.3 Å². The van der Waals surface area contributed by atoms with Gasteiger partial charge in [0, 0.05) is 24.8 Å². The van der Waals surface area contributed by atoms with E-state index in [2.05, 4.69) is 10.2 Å². The molecule has 0 saturated carbocycles. The van der Waals surface area contributed by atoms with Crippen molar-refractivity contribution in [3.05, 3.63) is 59.4 Å². The van der Waals surface area contributed by atoms with Crippen molar-refractivity contribution in [3.8, 4) is 0 Å². The number of carbonyl (C=O) groups excluding carboxylic acids is 2. The molecule has 0 spiro atoms. The fourth-order valence-corrected chi connectivity index (χ4v) is 3.78. The molecule has 134 valence electrons. The van der Waals surface area contributed by atoms with E-state index in [0.717, 1.165) is 31.5 Å². The second kappa shape index (κ2) is 6.44. The molecule has 5 nitrogen and oxygen atoms in total. The number of nitrogens with zero attached hydrogens (tertiary/aromatic N) is 2. The number of nitrogens with one attached hydrogen (secondary N) is 1. The van der Waals surface area contributed by atoms with E-state index in [1.54, 1.807) is 30.3 Å². The van der Waals surface area contributed by atoms with Gasteiger partial charge in [-0.05, 0) is 55.7 Å². The molecule has 2 aromatic carbocycles. The quantitative estimate of drug-likeness (QED) is 0.899. The van der Waals surface area contributed by atoms with Crippen molar-refractivity contribution < 1.29 is 14.0 Å². The van der Waals surface area contributed by atoms with Crippen LogP contribution in [-0.2, 0) is 0 Å². The van der Waals surface area contributed by atoms with Crippen LogP contribution in [0.15, 0.2) is 42.5 Å². The Morgan fingerprint density at radius 1 is 1.19 bits per heavy atom. The van der Waals surface area contributed by atoms with Gasteiger partial charge in [-0.25, -0.2) is 4.39 Å². The zero-order valence-corrected chi connectivity index (χ0v) is 14.5. The fraction of sp³-hybridized carbons (Fsp3) is 0.300. The number of rotatable bonds is 2. The molecule has 0 aliphatic carbocycles. The first-order valence-electron chi connectivity index (χ1n) is 8.79. The second-order valence-electron chi connectivity index (χ2n) is 6.78. The van der Waals surface area contributed by atoms with E-state index in [4.69, 9.17) is 0 Å². The van der Waals surface area contributed by atoms with E-state index in [0.29, 0.717) is 16.8 Å². The Morgan fingerprint density at radius 3 is 2.85 bits per heavy atom. The highest BCUT2D eigenvalue weighted by Gasteiger charge is 2.37. The number of hydrogen-bond donors (Lipinski definition) is 1. The van der Waals surface area contributed by atoms with Crippen LogP contribution in [-0.4, -0.2) is 36.5 Å². The van der Waals surface area contributed by atoms with Crippen LogP contribution < -0.4 is 10.2 Å². The molecule has 2 amide bonds. The van der Waals surface area contributed by atoms with Crippen molar-refractivity contribution in [2.45, 2.75) is 25.4 Å². The van der Waals surface area contributed by atoms with Gasteiger partial charge in [0.1, 0.15) is 12.0 Å². The molecule has 6 heteroatoms. The first kappa shape index (κ1) is 16.6. The van der Waals surface area contributed by atoms with E-state index in [1.807, 2.05) is 11.9 Å². The first-order valence-corrected chi connectivity index (χ1v) is 8.79. The van der Waals surface area contributed by atoms with Gasteiger partial charge in [0.2, 0.25) is 0 Å². The largest absolute Gasteiger partial charge is 0.354 e. The molecule has 0 aromatic heterocycles. The van der Waals surface area contributed by atoms with Crippen LogP contribution in [0.2, 0.25) is 0 Å². The Morgan fingerprint density at radius 2 is 2.04 bits per heavy atom. The van der Waals surface area contributed by atoms with Crippen molar-refractivity contribution in [3.63, 3.8) is 0 Å². The van der Waals surface area contributed by atoms with Crippen molar-refractivity contribution in [1.82, 2.24) is 4.90 Å². The lowest BCUT2D eigenvalue weighted by Crippen LogP contribution is -2.55. The van der Waals surface area contributed by atoms with Crippen LogP contribution in [0.1, 0.15) is 40.0 Å². The van der Waals surface area contributed by atoms with Crippen molar-refractivity contribution >= 4 is 23.2 Å². The van der Waals surface area contributed by atoms with E-state index < -0.39 is 5.82 Å². The van der Waals surface area contributed by atoms with E-state index >= 15 is 0 Å². The predicted octanol–water partition coefficient (Wildman–Crippen LogP) is 3.48. The van der Waals surface area contributed by atoms with Gasteiger partial charge in [0.15, 0.2) is 0 Å². The first-order chi connectivity index (χ1) is 12.5. The Labute approximate surface area is 151 Å². The Hall–Kier alpha value is -2.89. The Balaban J connectivity index is 1.63. The van der Waals surface area contributed by atoms with Crippen LogP contribution >= 0.6 is 0 Å². The van der Waals surface area contributed by atoms with Crippen LogP contribution in [0.25, 0.3) is 0 Å². The number of amides is 2. The van der Waals surface area contributed by atoms with Crippen LogP contribution in [0.3, 0.4) is 0 Å². The summed E-state index contributed by atoms with van der Waals surface area (Å²) in [5, 5.41) is 2.70. The van der Waals surface area contributed by atoms with Gasteiger partial charge in [-0.15, -0.1) is 0 Å². The maximum absolute atomic E-state index is 13.3. The minimum absolute atomic E-state index is 0.0277. The molecule has 1 atom stereocenters. The van der Waals surface area contributed by atoms with Crippen molar-refractivity contribution in [2.24, 2.45) is 0 Å². The summed E-state index contributed by atoms with van der Waals surface area (Å²) in [6.07, 6.45) is 3.10. The normalized spacial score (nSPS) is 19.0. The fourth-order valence-electron chi connectivity index (χ4n) is 3.78. The molecule has 0 bridgehead atoms. The summed E-state index contributed by atoms with van der Waals surface area (Å²) in [6.45, 7) is 0.773. The van der Waals surface area contributed by atoms with Crippen LogP contribution in [0.5, 0.6) is 0 Å². The summed E-state index contributed by atoms with van der Waals surface area (Å²) in [5.41, 5.74) is 2.23. The number of halogens is 1. The zero-order chi connectivity index (χ0) is 18.3. The zero-order valence-electron chi connectivity index (χ0n) is 14.5. The second-order valence-corrected chi connectivity index (χ2v) is 6.78. The number of benzene rings is 2. The molecular weight excluding hydrogens is 333 g/mol. The summed E-state index contributed by atoms with van der Waals surface area (Å²) >= 11 is 0. The molecule has 0 unspecified atom stereocenters. The van der Waals surface area contributed by atoms with Gasteiger partial charge in [0.25, 0.3) is 11.8 Å². The molecule has 0 radical (unpaired) electrons. The highest BCUT2D eigenvalue weighted by molar-refractivity contribution is 6.08. The van der Waals surface area contributed by atoms with Gasteiger partial charge in [-0.2, -0.15) is 0 Å². The maximum atomic E-state index is 13.3. The molecule has 2 heterocycles. The van der Waals surface area contributed by atoms with E-state index in [9.17, 15) is 14.0 Å². The van der Waals surface area contributed by atoms with Crippen LogP contribution in [0.4, 0.5) is 15.8 Å². The SMILES string of the molecule is CN1c2cc(C(=O)Nc3cccc(F)c3)ccc2C(=O)N2CCCC[C@@H]21. The third-order valence-corrected chi connectivity index (χ3v) is 5.13. The summed E-state index contributed by atoms with van der Waals surface area (Å²) in [4.78, 5) is 29.3. The minimum atomic E-state index is -0.407. The number of piperidine rings is 1. The highest BCUT2D eigenvalue weighted by Crippen LogP contribution is 2.34. The highest BCUT2D eigenvalue weighted by atomic mass is 19.1. The average Bonchev–Trinajstić information content (AvgIpc) is 2.65. The summed E-state index contributed by atoms with van der Waals surface area (Å²) in [6, 6.07) is 10.9. The third-order valence-electron chi connectivity index (χ3n) is 5.13. The summed E-state index contributed by atoms with van der Waals surface area (Å²) in [7, 11) is 1.96. The number of hydrogen-bond acceptors (Lipinski definition) is 3. The predicted molar refractivity (Wildman–Crippen MR) is 97.9 cm³/mol. The third kappa shape index (κ3) is 2.81. The molecule has 1 fully saturated rings. The Kier molecular flexibility index (Phi) is 4.11. The molecule has 2 aromatic rings. The number of carbonyl (C=O) groups is 2. The lowest BCUT2D eigenvalue weighted by atomic mass is 9.97.